The standard InChI is InChI=1S/C15H18BrN/c1-4-11-7-12-5-6-15(16)9-13(12)8-14(11)10-17(2)3/h5-9H,4,10H2,1-3H3. The SMILES string of the molecule is CCc1cc2ccc(Br)cc2cc1CN(C)C. The molecular formula is C15H18BrN. The van der Waals surface area contributed by atoms with Crippen molar-refractivity contribution in [2.45, 2.75) is 19.9 Å². The maximum absolute atomic E-state index is 3.53. The Bertz CT molecular complexity index is 532. The fourth-order valence-electron chi connectivity index (χ4n) is 2.18. The number of rotatable bonds is 3. The number of nitrogens with zero attached hydrogens (tertiary/aromatic N) is 1. The first-order valence-corrected chi connectivity index (χ1v) is 6.75. The number of aryl methyl sites for hydroxylation is 1. The van der Waals surface area contributed by atoms with Crippen LogP contribution >= 0.6 is 15.9 Å². The molecule has 0 atom stereocenters. The summed E-state index contributed by atoms with van der Waals surface area (Å²) in [5.41, 5.74) is 2.89. The van der Waals surface area contributed by atoms with Crippen molar-refractivity contribution in [3.8, 4) is 0 Å². The average molecular weight is 292 g/mol. The molecule has 0 spiro atoms. The van der Waals surface area contributed by atoms with Crippen molar-refractivity contribution in [3.05, 3.63) is 45.9 Å². The maximum atomic E-state index is 3.53. The summed E-state index contributed by atoms with van der Waals surface area (Å²) in [6.45, 7) is 3.23. The van der Waals surface area contributed by atoms with Crippen molar-refractivity contribution in [1.29, 1.82) is 0 Å². The van der Waals surface area contributed by atoms with Gasteiger partial charge in [-0.2, -0.15) is 0 Å². The Morgan fingerprint density at radius 3 is 2.35 bits per heavy atom. The van der Waals surface area contributed by atoms with E-state index in [9.17, 15) is 0 Å². The van der Waals surface area contributed by atoms with Crippen molar-refractivity contribution in [3.63, 3.8) is 0 Å². The highest BCUT2D eigenvalue weighted by Gasteiger charge is 2.05. The van der Waals surface area contributed by atoms with Gasteiger partial charge in [0.1, 0.15) is 0 Å². The third-order valence-electron chi connectivity index (χ3n) is 2.99. The molecule has 0 saturated carbocycles. The van der Waals surface area contributed by atoms with Gasteiger partial charge < -0.3 is 4.90 Å². The molecule has 0 heterocycles. The smallest absolute Gasteiger partial charge is 0.0230 e. The first kappa shape index (κ1) is 12.6. The average Bonchev–Trinajstić information content (AvgIpc) is 2.27. The van der Waals surface area contributed by atoms with Crippen LogP contribution in [0, 0.1) is 0 Å². The molecular weight excluding hydrogens is 274 g/mol. The van der Waals surface area contributed by atoms with Crippen LogP contribution in [0.5, 0.6) is 0 Å². The van der Waals surface area contributed by atoms with Crippen LogP contribution < -0.4 is 0 Å². The molecule has 0 fully saturated rings. The second-order valence-electron chi connectivity index (χ2n) is 4.70. The number of hydrogen-bond donors (Lipinski definition) is 0. The molecule has 2 aromatic rings. The summed E-state index contributed by atoms with van der Waals surface area (Å²) in [6.07, 6.45) is 1.09. The van der Waals surface area contributed by atoms with Gasteiger partial charge in [-0.1, -0.05) is 35.0 Å². The minimum atomic E-state index is 1.01. The molecule has 0 bridgehead atoms. The van der Waals surface area contributed by atoms with Crippen LogP contribution in [-0.2, 0) is 13.0 Å². The quantitative estimate of drug-likeness (QED) is 0.818. The summed E-state index contributed by atoms with van der Waals surface area (Å²) in [4.78, 5) is 2.22. The zero-order valence-corrected chi connectivity index (χ0v) is 12.2. The molecule has 0 amide bonds. The Labute approximate surface area is 112 Å². The van der Waals surface area contributed by atoms with Gasteiger partial charge >= 0.3 is 0 Å². The van der Waals surface area contributed by atoms with E-state index in [0.717, 1.165) is 17.4 Å². The lowest BCUT2D eigenvalue weighted by atomic mass is 9.99. The van der Waals surface area contributed by atoms with E-state index < -0.39 is 0 Å². The molecule has 90 valence electrons. The van der Waals surface area contributed by atoms with Crippen molar-refractivity contribution < 1.29 is 0 Å². The van der Waals surface area contributed by atoms with Crippen LogP contribution in [-0.4, -0.2) is 19.0 Å². The largest absolute Gasteiger partial charge is 0.305 e. The number of benzene rings is 2. The predicted molar refractivity (Wildman–Crippen MR) is 78.4 cm³/mol. The van der Waals surface area contributed by atoms with E-state index in [1.165, 1.54) is 21.9 Å². The third kappa shape index (κ3) is 2.88. The van der Waals surface area contributed by atoms with Gasteiger partial charge in [-0.15, -0.1) is 0 Å². The molecule has 0 saturated heterocycles. The summed E-state index contributed by atoms with van der Waals surface area (Å²) < 4.78 is 1.14. The van der Waals surface area contributed by atoms with E-state index >= 15 is 0 Å². The van der Waals surface area contributed by atoms with Gasteiger partial charge in [-0.05, 0) is 60.6 Å². The second-order valence-corrected chi connectivity index (χ2v) is 5.62. The lowest BCUT2D eigenvalue weighted by Crippen LogP contribution is -2.12. The molecule has 0 aliphatic rings. The predicted octanol–water partition coefficient (Wildman–Crippen LogP) is 4.23. The Morgan fingerprint density at radius 2 is 1.71 bits per heavy atom. The highest BCUT2D eigenvalue weighted by molar-refractivity contribution is 9.10. The normalized spacial score (nSPS) is 11.4. The van der Waals surface area contributed by atoms with E-state index in [2.05, 4.69) is 72.2 Å². The third-order valence-corrected chi connectivity index (χ3v) is 3.48. The molecule has 1 nitrogen and oxygen atoms in total. The summed E-state index contributed by atoms with van der Waals surface area (Å²) in [6, 6.07) is 11.1. The Hall–Kier alpha value is -0.860. The van der Waals surface area contributed by atoms with E-state index in [0.29, 0.717) is 0 Å². The van der Waals surface area contributed by atoms with E-state index in [-0.39, 0.29) is 0 Å². The molecule has 0 radical (unpaired) electrons. The molecule has 17 heavy (non-hydrogen) atoms. The molecule has 2 rings (SSSR count). The number of hydrogen-bond acceptors (Lipinski definition) is 1. The van der Waals surface area contributed by atoms with Crippen LogP contribution in [0.2, 0.25) is 0 Å². The fraction of sp³-hybridized carbons (Fsp3) is 0.333. The van der Waals surface area contributed by atoms with Crippen LogP contribution in [0.15, 0.2) is 34.8 Å². The fourth-order valence-corrected chi connectivity index (χ4v) is 2.56. The zero-order chi connectivity index (χ0) is 12.4. The Morgan fingerprint density at radius 1 is 1.00 bits per heavy atom. The minimum Gasteiger partial charge on any atom is -0.305 e. The summed E-state index contributed by atoms with van der Waals surface area (Å²) in [7, 11) is 4.23. The molecule has 2 heteroatoms. The maximum Gasteiger partial charge on any atom is 0.0230 e. The van der Waals surface area contributed by atoms with Crippen molar-refractivity contribution >= 4 is 26.7 Å². The number of halogens is 1. The van der Waals surface area contributed by atoms with E-state index in [1.54, 1.807) is 0 Å². The van der Waals surface area contributed by atoms with Crippen molar-refractivity contribution in [2.24, 2.45) is 0 Å². The summed E-state index contributed by atoms with van der Waals surface area (Å²) >= 11 is 3.53. The molecule has 0 aromatic heterocycles. The topological polar surface area (TPSA) is 3.24 Å². The monoisotopic (exact) mass is 291 g/mol. The molecule has 0 unspecified atom stereocenters. The first-order valence-electron chi connectivity index (χ1n) is 5.96. The van der Waals surface area contributed by atoms with E-state index in [4.69, 9.17) is 0 Å². The number of fused-ring (bicyclic) bond motifs is 1. The molecule has 0 N–H and O–H groups in total. The van der Waals surface area contributed by atoms with Gasteiger partial charge in [0, 0.05) is 11.0 Å². The summed E-state index contributed by atoms with van der Waals surface area (Å²) in [5, 5.41) is 2.64. The van der Waals surface area contributed by atoms with Crippen molar-refractivity contribution in [2.75, 3.05) is 14.1 Å². The minimum absolute atomic E-state index is 1.01. The molecule has 2 aromatic carbocycles. The summed E-state index contributed by atoms with van der Waals surface area (Å²) in [5.74, 6) is 0. The van der Waals surface area contributed by atoms with Crippen LogP contribution in [0.25, 0.3) is 10.8 Å². The Kier molecular flexibility index (Phi) is 3.85. The first-order chi connectivity index (χ1) is 8.10. The van der Waals surface area contributed by atoms with Crippen LogP contribution in [0.3, 0.4) is 0 Å². The van der Waals surface area contributed by atoms with Gasteiger partial charge in [-0.25, -0.2) is 0 Å². The highest BCUT2D eigenvalue weighted by Crippen LogP contribution is 2.24. The van der Waals surface area contributed by atoms with Gasteiger partial charge in [-0.3, -0.25) is 0 Å². The van der Waals surface area contributed by atoms with Crippen LogP contribution in [0.1, 0.15) is 18.1 Å². The van der Waals surface area contributed by atoms with E-state index in [1.807, 2.05) is 0 Å². The van der Waals surface area contributed by atoms with Gasteiger partial charge in [0.05, 0.1) is 0 Å². The zero-order valence-electron chi connectivity index (χ0n) is 10.6. The molecule has 0 aliphatic heterocycles. The lowest BCUT2D eigenvalue weighted by Gasteiger charge is -2.15. The van der Waals surface area contributed by atoms with Crippen LogP contribution in [0.4, 0.5) is 0 Å². The Balaban J connectivity index is 2.57. The van der Waals surface area contributed by atoms with Gasteiger partial charge in [0.2, 0.25) is 0 Å². The van der Waals surface area contributed by atoms with Gasteiger partial charge in [0.25, 0.3) is 0 Å². The van der Waals surface area contributed by atoms with Gasteiger partial charge in [0.15, 0.2) is 0 Å². The highest BCUT2D eigenvalue weighted by atomic mass is 79.9. The lowest BCUT2D eigenvalue weighted by molar-refractivity contribution is 0.401. The van der Waals surface area contributed by atoms with Crippen molar-refractivity contribution in [1.82, 2.24) is 4.90 Å². The second kappa shape index (κ2) is 5.19. The molecule has 0 aliphatic carbocycles.